The Morgan fingerprint density at radius 3 is 1.57 bits per heavy atom. The fourth-order valence-corrected chi connectivity index (χ4v) is 4.72. The third-order valence-corrected chi connectivity index (χ3v) is 5.94. The first kappa shape index (κ1) is 15.0. The largest absolute Gasteiger partial charge is 0.465 e. The van der Waals surface area contributed by atoms with E-state index in [0.717, 1.165) is 25.7 Å². The van der Waals surface area contributed by atoms with Crippen molar-refractivity contribution >= 4 is 11.9 Å². The van der Waals surface area contributed by atoms with Crippen LogP contribution in [0.2, 0.25) is 0 Å². The Hall–Kier alpha value is -1.58. The summed E-state index contributed by atoms with van der Waals surface area (Å²) in [5, 5.41) is 0. The van der Waals surface area contributed by atoms with Gasteiger partial charge in [0.05, 0.1) is 25.0 Å². The van der Waals surface area contributed by atoms with Gasteiger partial charge in [0, 0.05) is 6.42 Å². The highest BCUT2D eigenvalue weighted by Gasteiger charge is 2.41. The topological polar surface area (TPSA) is 52.6 Å². The molecule has 0 aromatic rings. The van der Waals surface area contributed by atoms with Crippen LogP contribution in [0, 0.1) is 35.5 Å². The van der Waals surface area contributed by atoms with Crippen molar-refractivity contribution in [1.82, 2.24) is 0 Å². The maximum atomic E-state index is 12.1. The van der Waals surface area contributed by atoms with Crippen molar-refractivity contribution in [1.29, 1.82) is 0 Å². The van der Waals surface area contributed by atoms with Crippen LogP contribution >= 0.6 is 0 Å². The zero-order chi connectivity index (χ0) is 15.8. The van der Waals surface area contributed by atoms with Gasteiger partial charge in [-0.05, 0) is 49.4 Å². The SMILES string of the molecule is O=C(OCCCOC(=O)C1CC2C=CC1C2)C1CC2C=CC1C2. The van der Waals surface area contributed by atoms with Crippen molar-refractivity contribution in [2.75, 3.05) is 13.2 Å². The van der Waals surface area contributed by atoms with Gasteiger partial charge in [-0.25, -0.2) is 0 Å². The molecule has 0 amide bonds. The zero-order valence-corrected chi connectivity index (χ0v) is 13.4. The van der Waals surface area contributed by atoms with Gasteiger partial charge in [-0.1, -0.05) is 24.3 Å². The molecule has 0 aromatic carbocycles. The standard InChI is InChI=1S/C19H24O4/c20-18(16-10-12-2-4-14(16)8-12)22-6-1-7-23-19(21)17-11-13-3-5-15(17)9-13/h2-5,12-17H,1,6-11H2. The number of carbonyl (C=O) groups is 2. The molecular weight excluding hydrogens is 292 g/mol. The van der Waals surface area contributed by atoms with Gasteiger partial charge < -0.3 is 9.47 Å². The Kier molecular flexibility index (Phi) is 4.00. The van der Waals surface area contributed by atoms with Gasteiger partial charge in [-0.3, -0.25) is 9.59 Å². The molecule has 4 bridgehead atoms. The van der Waals surface area contributed by atoms with Crippen LogP contribution < -0.4 is 0 Å². The summed E-state index contributed by atoms with van der Waals surface area (Å²) in [6.45, 7) is 0.695. The van der Waals surface area contributed by atoms with E-state index in [9.17, 15) is 9.59 Å². The van der Waals surface area contributed by atoms with E-state index in [4.69, 9.17) is 9.47 Å². The second-order valence-electron chi connectivity index (χ2n) is 7.46. The van der Waals surface area contributed by atoms with Crippen LogP contribution in [0.1, 0.15) is 32.1 Å². The fourth-order valence-electron chi connectivity index (χ4n) is 4.72. The lowest BCUT2D eigenvalue weighted by atomic mass is 9.94. The highest BCUT2D eigenvalue weighted by Crippen LogP contribution is 2.44. The molecule has 0 spiro atoms. The Balaban J connectivity index is 1.12. The van der Waals surface area contributed by atoms with Crippen molar-refractivity contribution in [3.05, 3.63) is 24.3 Å². The van der Waals surface area contributed by atoms with Crippen LogP contribution in [0.5, 0.6) is 0 Å². The van der Waals surface area contributed by atoms with Gasteiger partial charge in [-0.15, -0.1) is 0 Å². The van der Waals surface area contributed by atoms with Gasteiger partial charge in [0.25, 0.3) is 0 Å². The minimum absolute atomic E-state index is 0.0494. The molecule has 0 heterocycles. The number of esters is 2. The summed E-state index contributed by atoms with van der Waals surface area (Å²) in [6.07, 6.45) is 13.4. The van der Waals surface area contributed by atoms with E-state index in [1.54, 1.807) is 0 Å². The molecule has 0 radical (unpaired) electrons. The van der Waals surface area contributed by atoms with Crippen LogP contribution in [0.25, 0.3) is 0 Å². The number of fused-ring (bicyclic) bond motifs is 4. The van der Waals surface area contributed by atoms with E-state index in [2.05, 4.69) is 24.3 Å². The van der Waals surface area contributed by atoms with E-state index in [0.29, 0.717) is 43.3 Å². The molecule has 2 saturated carbocycles. The number of ether oxygens (including phenoxy) is 2. The molecule has 0 saturated heterocycles. The lowest BCUT2D eigenvalue weighted by Crippen LogP contribution is -2.24. The minimum Gasteiger partial charge on any atom is -0.465 e. The first-order chi connectivity index (χ1) is 11.2. The molecule has 4 aliphatic carbocycles. The molecule has 6 atom stereocenters. The van der Waals surface area contributed by atoms with Crippen molar-refractivity contribution in [3.8, 4) is 0 Å². The van der Waals surface area contributed by atoms with Crippen molar-refractivity contribution in [2.24, 2.45) is 35.5 Å². The van der Waals surface area contributed by atoms with Crippen LogP contribution in [-0.2, 0) is 19.1 Å². The quantitative estimate of drug-likeness (QED) is 0.429. The number of hydrogen-bond acceptors (Lipinski definition) is 4. The average Bonchev–Trinajstić information content (AvgIpc) is 3.33. The smallest absolute Gasteiger partial charge is 0.309 e. The summed E-state index contributed by atoms with van der Waals surface area (Å²) in [5.41, 5.74) is 0. The second kappa shape index (κ2) is 6.14. The molecular formula is C19H24O4. The number of rotatable bonds is 6. The summed E-state index contributed by atoms with van der Waals surface area (Å²) in [5.74, 6) is 1.87. The Morgan fingerprint density at radius 1 is 0.739 bits per heavy atom. The van der Waals surface area contributed by atoms with E-state index in [1.165, 1.54) is 0 Å². The number of carbonyl (C=O) groups excluding carboxylic acids is 2. The first-order valence-electron chi connectivity index (χ1n) is 8.90. The third-order valence-electron chi connectivity index (χ3n) is 5.94. The van der Waals surface area contributed by atoms with Crippen molar-refractivity contribution in [2.45, 2.75) is 32.1 Å². The molecule has 2 fully saturated rings. The predicted octanol–water partition coefficient (Wildman–Crippen LogP) is 2.89. The summed E-state index contributed by atoms with van der Waals surface area (Å²) < 4.78 is 10.7. The molecule has 4 heteroatoms. The van der Waals surface area contributed by atoms with Crippen LogP contribution in [0.3, 0.4) is 0 Å². The van der Waals surface area contributed by atoms with Crippen LogP contribution in [0.15, 0.2) is 24.3 Å². The van der Waals surface area contributed by atoms with Crippen LogP contribution in [0.4, 0.5) is 0 Å². The average molecular weight is 316 g/mol. The highest BCUT2D eigenvalue weighted by molar-refractivity contribution is 5.74. The number of allylic oxidation sites excluding steroid dienone is 4. The summed E-state index contributed by atoms with van der Waals surface area (Å²) in [6, 6.07) is 0. The molecule has 23 heavy (non-hydrogen) atoms. The zero-order valence-electron chi connectivity index (χ0n) is 13.4. The highest BCUT2D eigenvalue weighted by atomic mass is 16.5. The molecule has 4 aliphatic rings. The van der Waals surface area contributed by atoms with Gasteiger partial charge >= 0.3 is 11.9 Å². The van der Waals surface area contributed by atoms with Gasteiger partial charge in [-0.2, -0.15) is 0 Å². The third kappa shape index (κ3) is 2.96. The molecule has 0 aromatic heterocycles. The van der Waals surface area contributed by atoms with Gasteiger partial charge in [0.2, 0.25) is 0 Å². The predicted molar refractivity (Wildman–Crippen MR) is 84.2 cm³/mol. The Bertz CT molecular complexity index is 502. The van der Waals surface area contributed by atoms with E-state index in [1.807, 2.05) is 0 Å². The Morgan fingerprint density at radius 2 is 1.22 bits per heavy atom. The lowest BCUT2D eigenvalue weighted by molar-refractivity contribution is -0.152. The van der Waals surface area contributed by atoms with E-state index < -0.39 is 0 Å². The maximum Gasteiger partial charge on any atom is 0.309 e. The van der Waals surface area contributed by atoms with Crippen molar-refractivity contribution in [3.63, 3.8) is 0 Å². The van der Waals surface area contributed by atoms with E-state index >= 15 is 0 Å². The molecule has 0 aliphatic heterocycles. The lowest BCUT2D eigenvalue weighted by Gasteiger charge is -2.18. The minimum atomic E-state index is -0.0774. The summed E-state index contributed by atoms with van der Waals surface area (Å²) in [4.78, 5) is 24.1. The normalized spacial score (nSPS) is 39.1. The molecule has 6 unspecified atom stereocenters. The van der Waals surface area contributed by atoms with Gasteiger partial charge in [0.15, 0.2) is 0 Å². The Labute approximate surface area is 136 Å². The van der Waals surface area contributed by atoms with Crippen molar-refractivity contribution < 1.29 is 19.1 Å². The first-order valence-corrected chi connectivity index (χ1v) is 8.90. The van der Waals surface area contributed by atoms with E-state index in [-0.39, 0.29) is 23.8 Å². The molecule has 0 N–H and O–H groups in total. The fraction of sp³-hybridized carbons (Fsp3) is 0.684. The monoisotopic (exact) mass is 316 g/mol. The molecule has 4 nitrogen and oxygen atoms in total. The number of hydrogen-bond donors (Lipinski definition) is 0. The maximum absolute atomic E-state index is 12.1. The second-order valence-corrected chi connectivity index (χ2v) is 7.46. The summed E-state index contributed by atoms with van der Waals surface area (Å²) >= 11 is 0. The molecule has 4 rings (SSSR count). The summed E-state index contributed by atoms with van der Waals surface area (Å²) in [7, 11) is 0. The van der Waals surface area contributed by atoms with Gasteiger partial charge in [0.1, 0.15) is 0 Å². The van der Waals surface area contributed by atoms with Crippen LogP contribution in [-0.4, -0.2) is 25.2 Å². The molecule has 124 valence electrons.